The van der Waals surface area contributed by atoms with Gasteiger partial charge in [-0.1, -0.05) is 0 Å². The molecule has 1 aliphatic heterocycles. The summed E-state index contributed by atoms with van der Waals surface area (Å²) in [6.07, 6.45) is 1.04. The van der Waals surface area contributed by atoms with E-state index in [2.05, 4.69) is 0 Å². The standard InChI is InChI=1S/C8H16N2O2/c1-6(8(11)12)10-3-2-7(4-9)5-10/h6-7H,2-5,9H2,1H3,(H,11,12). The van der Waals surface area contributed by atoms with E-state index < -0.39 is 5.97 Å². The van der Waals surface area contributed by atoms with Gasteiger partial charge in [0, 0.05) is 6.54 Å². The minimum absolute atomic E-state index is 0.360. The molecule has 4 nitrogen and oxygen atoms in total. The lowest BCUT2D eigenvalue weighted by Gasteiger charge is -2.19. The summed E-state index contributed by atoms with van der Waals surface area (Å²) in [5.41, 5.74) is 5.50. The summed E-state index contributed by atoms with van der Waals surface area (Å²) in [6.45, 7) is 4.10. The number of likely N-dealkylation sites (tertiary alicyclic amines) is 1. The number of rotatable bonds is 3. The molecule has 1 aliphatic rings. The molecule has 3 N–H and O–H groups in total. The second kappa shape index (κ2) is 3.87. The number of hydrogen-bond donors (Lipinski definition) is 2. The van der Waals surface area contributed by atoms with Crippen LogP contribution in [0.25, 0.3) is 0 Å². The van der Waals surface area contributed by atoms with Gasteiger partial charge in [-0.2, -0.15) is 0 Å². The van der Waals surface area contributed by atoms with E-state index in [-0.39, 0.29) is 6.04 Å². The van der Waals surface area contributed by atoms with Gasteiger partial charge in [0.2, 0.25) is 0 Å². The molecule has 1 fully saturated rings. The van der Waals surface area contributed by atoms with E-state index in [4.69, 9.17) is 10.8 Å². The molecule has 1 saturated heterocycles. The Kier molecular flexibility index (Phi) is 3.05. The quantitative estimate of drug-likeness (QED) is 0.615. The van der Waals surface area contributed by atoms with E-state index in [0.717, 1.165) is 19.5 Å². The monoisotopic (exact) mass is 172 g/mol. The third-order valence-electron chi connectivity index (χ3n) is 2.56. The van der Waals surface area contributed by atoms with Crippen LogP contribution in [-0.4, -0.2) is 41.7 Å². The summed E-state index contributed by atoms with van der Waals surface area (Å²) in [5, 5.41) is 8.73. The minimum Gasteiger partial charge on any atom is -0.480 e. The first-order valence-corrected chi connectivity index (χ1v) is 4.32. The molecule has 2 atom stereocenters. The van der Waals surface area contributed by atoms with Crippen molar-refractivity contribution in [2.24, 2.45) is 11.7 Å². The molecule has 0 amide bonds. The lowest BCUT2D eigenvalue weighted by molar-refractivity contribution is -0.142. The van der Waals surface area contributed by atoms with E-state index in [1.165, 1.54) is 0 Å². The van der Waals surface area contributed by atoms with Crippen LogP contribution in [0.1, 0.15) is 13.3 Å². The molecule has 4 heteroatoms. The topological polar surface area (TPSA) is 66.6 Å². The van der Waals surface area contributed by atoms with Crippen LogP contribution >= 0.6 is 0 Å². The highest BCUT2D eigenvalue weighted by Crippen LogP contribution is 2.17. The fourth-order valence-corrected chi connectivity index (χ4v) is 1.56. The highest BCUT2D eigenvalue weighted by molar-refractivity contribution is 5.72. The second-order valence-electron chi connectivity index (χ2n) is 3.40. The summed E-state index contributed by atoms with van der Waals surface area (Å²) >= 11 is 0. The van der Waals surface area contributed by atoms with Gasteiger partial charge >= 0.3 is 5.97 Å². The molecule has 0 aromatic carbocycles. The van der Waals surface area contributed by atoms with Crippen LogP contribution < -0.4 is 5.73 Å². The molecular formula is C8H16N2O2. The smallest absolute Gasteiger partial charge is 0.320 e. The number of carboxylic acids is 1. The zero-order valence-electron chi connectivity index (χ0n) is 7.36. The molecule has 0 spiro atoms. The molecule has 1 rings (SSSR count). The normalized spacial score (nSPS) is 27.3. The first kappa shape index (κ1) is 9.48. The van der Waals surface area contributed by atoms with Crippen molar-refractivity contribution < 1.29 is 9.90 Å². The predicted octanol–water partition coefficient (Wildman–Crippen LogP) is -0.260. The number of hydrogen-bond acceptors (Lipinski definition) is 3. The number of carboxylic acid groups (broad SMARTS) is 1. The molecule has 70 valence electrons. The van der Waals surface area contributed by atoms with Crippen molar-refractivity contribution in [3.05, 3.63) is 0 Å². The van der Waals surface area contributed by atoms with E-state index in [1.54, 1.807) is 6.92 Å². The summed E-state index contributed by atoms with van der Waals surface area (Å²) < 4.78 is 0. The van der Waals surface area contributed by atoms with Crippen LogP contribution in [0.3, 0.4) is 0 Å². The molecule has 0 radical (unpaired) electrons. The van der Waals surface area contributed by atoms with Crippen molar-refractivity contribution in [2.45, 2.75) is 19.4 Å². The average Bonchev–Trinajstić information content (AvgIpc) is 2.50. The SMILES string of the molecule is CC(C(=O)O)N1CCC(CN)C1. The third kappa shape index (κ3) is 1.95. The molecule has 0 bridgehead atoms. The van der Waals surface area contributed by atoms with Gasteiger partial charge in [-0.15, -0.1) is 0 Å². The van der Waals surface area contributed by atoms with Gasteiger partial charge < -0.3 is 10.8 Å². The van der Waals surface area contributed by atoms with Gasteiger partial charge in [-0.25, -0.2) is 0 Å². The molecule has 0 aromatic heterocycles. The van der Waals surface area contributed by atoms with Crippen LogP contribution in [0.4, 0.5) is 0 Å². The predicted molar refractivity (Wildman–Crippen MR) is 45.8 cm³/mol. The van der Waals surface area contributed by atoms with Crippen LogP contribution in [0, 0.1) is 5.92 Å². The van der Waals surface area contributed by atoms with Crippen molar-refractivity contribution in [1.82, 2.24) is 4.90 Å². The van der Waals surface area contributed by atoms with Crippen molar-refractivity contribution in [3.63, 3.8) is 0 Å². The highest BCUT2D eigenvalue weighted by atomic mass is 16.4. The van der Waals surface area contributed by atoms with Gasteiger partial charge in [-0.3, -0.25) is 9.69 Å². The van der Waals surface area contributed by atoms with Crippen molar-refractivity contribution >= 4 is 5.97 Å². The van der Waals surface area contributed by atoms with E-state index >= 15 is 0 Å². The molecule has 0 aliphatic carbocycles. The van der Waals surface area contributed by atoms with Gasteiger partial charge in [0.05, 0.1) is 0 Å². The fraction of sp³-hybridized carbons (Fsp3) is 0.875. The largest absolute Gasteiger partial charge is 0.480 e. The fourth-order valence-electron chi connectivity index (χ4n) is 1.56. The zero-order chi connectivity index (χ0) is 9.14. The maximum Gasteiger partial charge on any atom is 0.320 e. The summed E-state index contributed by atoms with van der Waals surface area (Å²) in [7, 11) is 0. The Morgan fingerprint density at radius 1 is 1.83 bits per heavy atom. The maximum absolute atomic E-state index is 10.6. The van der Waals surface area contributed by atoms with Crippen LogP contribution in [0.2, 0.25) is 0 Å². The Morgan fingerprint density at radius 3 is 2.92 bits per heavy atom. The van der Waals surface area contributed by atoms with Crippen molar-refractivity contribution in [3.8, 4) is 0 Å². The molecule has 0 aromatic rings. The van der Waals surface area contributed by atoms with Crippen molar-refractivity contribution in [1.29, 1.82) is 0 Å². The van der Waals surface area contributed by atoms with Gasteiger partial charge in [0.15, 0.2) is 0 Å². The van der Waals surface area contributed by atoms with Gasteiger partial charge in [0.25, 0.3) is 0 Å². The Balaban J connectivity index is 2.41. The van der Waals surface area contributed by atoms with Crippen molar-refractivity contribution in [2.75, 3.05) is 19.6 Å². The van der Waals surface area contributed by atoms with Gasteiger partial charge in [0.1, 0.15) is 6.04 Å². The lowest BCUT2D eigenvalue weighted by Crippen LogP contribution is -2.37. The molecule has 1 heterocycles. The van der Waals surface area contributed by atoms with Gasteiger partial charge in [-0.05, 0) is 32.4 Å². The minimum atomic E-state index is -0.743. The average molecular weight is 172 g/mol. The first-order valence-electron chi connectivity index (χ1n) is 4.32. The Hall–Kier alpha value is -0.610. The summed E-state index contributed by atoms with van der Waals surface area (Å²) in [5.74, 6) is -0.250. The Labute approximate surface area is 72.3 Å². The summed E-state index contributed by atoms with van der Waals surface area (Å²) in [4.78, 5) is 12.6. The highest BCUT2D eigenvalue weighted by Gasteiger charge is 2.28. The Morgan fingerprint density at radius 2 is 2.50 bits per heavy atom. The molecule has 2 unspecified atom stereocenters. The first-order chi connectivity index (χ1) is 5.65. The Bertz CT molecular complexity index is 172. The summed E-state index contributed by atoms with van der Waals surface area (Å²) in [6, 6.07) is -0.360. The van der Waals surface area contributed by atoms with Crippen LogP contribution in [0.5, 0.6) is 0 Å². The second-order valence-corrected chi connectivity index (χ2v) is 3.40. The number of aliphatic carboxylic acids is 1. The van der Waals surface area contributed by atoms with E-state index in [1.807, 2.05) is 4.90 Å². The van der Waals surface area contributed by atoms with E-state index in [9.17, 15) is 4.79 Å². The molecule has 0 saturated carbocycles. The van der Waals surface area contributed by atoms with Crippen LogP contribution in [-0.2, 0) is 4.79 Å². The maximum atomic E-state index is 10.6. The third-order valence-corrected chi connectivity index (χ3v) is 2.56. The molecule has 12 heavy (non-hydrogen) atoms. The molecular weight excluding hydrogens is 156 g/mol. The number of nitrogens with zero attached hydrogens (tertiary/aromatic N) is 1. The van der Waals surface area contributed by atoms with E-state index in [0.29, 0.717) is 12.5 Å². The number of carbonyl (C=O) groups is 1. The van der Waals surface area contributed by atoms with Crippen LogP contribution in [0.15, 0.2) is 0 Å². The zero-order valence-corrected chi connectivity index (χ0v) is 7.36. The number of nitrogens with two attached hydrogens (primary N) is 1. The lowest BCUT2D eigenvalue weighted by atomic mass is 10.1.